The zero-order valence-corrected chi connectivity index (χ0v) is 20.6. The Kier molecular flexibility index (Phi) is 7.38. The fraction of sp³-hybridized carbons (Fsp3) is 0.333. The Morgan fingerprint density at radius 3 is 2.06 bits per heavy atom. The quantitative estimate of drug-likeness (QED) is 0.350. The van der Waals surface area contributed by atoms with Crippen LogP contribution in [0, 0.1) is 0 Å². The van der Waals surface area contributed by atoms with E-state index in [1.54, 1.807) is 41.0 Å². The average molecular weight is 490 g/mol. The molecule has 0 saturated carbocycles. The Labute approximate surface area is 207 Å². The summed E-state index contributed by atoms with van der Waals surface area (Å²) in [5, 5.41) is 1.02. The SMILES string of the molecule is CCCCN(C(=O)Cn1c2ccccc2c(=O)c2ccccc21)c1c(N)n(CCCC)c(=O)[nH]c1=O. The van der Waals surface area contributed by atoms with Crippen LogP contribution in [0.1, 0.15) is 39.5 Å². The van der Waals surface area contributed by atoms with Crippen molar-refractivity contribution in [2.75, 3.05) is 17.2 Å². The number of unbranched alkanes of at least 4 members (excludes halogenated alkanes) is 2. The molecule has 4 aromatic rings. The molecule has 2 aromatic heterocycles. The number of rotatable bonds is 9. The highest BCUT2D eigenvalue weighted by atomic mass is 16.2. The number of benzene rings is 2. The van der Waals surface area contributed by atoms with Gasteiger partial charge in [0.25, 0.3) is 5.56 Å². The number of pyridine rings is 1. The summed E-state index contributed by atoms with van der Waals surface area (Å²) in [6.07, 6.45) is 2.98. The van der Waals surface area contributed by atoms with Crippen LogP contribution in [0.15, 0.2) is 62.9 Å². The minimum absolute atomic E-state index is 0.0150. The number of fused-ring (bicyclic) bond motifs is 2. The van der Waals surface area contributed by atoms with E-state index >= 15 is 0 Å². The van der Waals surface area contributed by atoms with Crippen molar-refractivity contribution in [1.82, 2.24) is 14.1 Å². The molecular weight excluding hydrogens is 458 g/mol. The third-order valence-electron chi connectivity index (χ3n) is 6.43. The lowest BCUT2D eigenvalue weighted by molar-refractivity contribution is -0.119. The van der Waals surface area contributed by atoms with Gasteiger partial charge in [0.15, 0.2) is 11.1 Å². The summed E-state index contributed by atoms with van der Waals surface area (Å²) in [4.78, 5) is 56.0. The van der Waals surface area contributed by atoms with Gasteiger partial charge in [-0.25, -0.2) is 4.79 Å². The van der Waals surface area contributed by atoms with Crippen molar-refractivity contribution in [2.45, 2.75) is 52.6 Å². The van der Waals surface area contributed by atoms with Gasteiger partial charge in [-0.15, -0.1) is 0 Å². The summed E-state index contributed by atoms with van der Waals surface area (Å²) >= 11 is 0. The first-order valence-electron chi connectivity index (χ1n) is 12.3. The van der Waals surface area contributed by atoms with Crippen molar-refractivity contribution in [3.05, 3.63) is 79.6 Å². The van der Waals surface area contributed by atoms with Gasteiger partial charge in [-0.05, 0) is 37.1 Å². The number of carbonyl (C=O) groups is 1. The highest BCUT2D eigenvalue weighted by Gasteiger charge is 2.25. The molecule has 36 heavy (non-hydrogen) atoms. The van der Waals surface area contributed by atoms with Crippen LogP contribution >= 0.6 is 0 Å². The molecule has 0 spiro atoms. The number of nitrogens with two attached hydrogens (primary N) is 1. The molecule has 0 aliphatic carbocycles. The van der Waals surface area contributed by atoms with Crippen LogP contribution in [0.5, 0.6) is 0 Å². The minimum atomic E-state index is -0.690. The van der Waals surface area contributed by atoms with Crippen molar-refractivity contribution >= 4 is 39.2 Å². The van der Waals surface area contributed by atoms with Crippen molar-refractivity contribution in [3.8, 4) is 0 Å². The number of carbonyl (C=O) groups excluding carboxylic acids is 1. The topological polar surface area (TPSA) is 123 Å². The van der Waals surface area contributed by atoms with E-state index in [1.165, 1.54) is 9.47 Å². The van der Waals surface area contributed by atoms with Crippen molar-refractivity contribution in [3.63, 3.8) is 0 Å². The van der Waals surface area contributed by atoms with Gasteiger partial charge < -0.3 is 15.2 Å². The van der Waals surface area contributed by atoms with Gasteiger partial charge in [-0.1, -0.05) is 51.0 Å². The Bertz CT molecular complexity index is 1540. The first-order chi connectivity index (χ1) is 17.4. The molecule has 0 saturated heterocycles. The molecule has 0 aliphatic rings. The molecule has 0 radical (unpaired) electrons. The summed E-state index contributed by atoms with van der Waals surface area (Å²) < 4.78 is 3.11. The number of anilines is 2. The molecule has 3 N–H and O–H groups in total. The monoisotopic (exact) mass is 489 g/mol. The van der Waals surface area contributed by atoms with Gasteiger partial charge in [0.05, 0.1) is 11.0 Å². The third kappa shape index (κ3) is 4.56. The van der Waals surface area contributed by atoms with E-state index in [9.17, 15) is 19.2 Å². The van der Waals surface area contributed by atoms with Crippen LogP contribution in [-0.4, -0.2) is 26.6 Å². The van der Waals surface area contributed by atoms with Gasteiger partial charge >= 0.3 is 5.69 Å². The zero-order valence-electron chi connectivity index (χ0n) is 20.6. The number of H-pyrrole nitrogens is 1. The zero-order chi connectivity index (χ0) is 25.8. The van der Waals surface area contributed by atoms with Gasteiger partial charge in [0, 0.05) is 23.9 Å². The van der Waals surface area contributed by atoms with E-state index < -0.39 is 11.2 Å². The molecule has 2 aromatic carbocycles. The second-order valence-corrected chi connectivity index (χ2v) is 8.85. The van der Waals surface area contributed by atoms with E-state index in [-0.39, 0.29) is 35.9 Å². The summed E-state index contributed by atoms with van der Waals surface area (Å²) in [6.45, 7) is 4.48. The molecular formula is C27H31N5O4. The number of nitrogens with zero attached hydrogens (tertiary/aromatic N) is 3. The van der Waals surface area contributed by atoms with E-state index in [1.807, 2.05) is 26.0 Å². The molecule has 2 heterocycles. The first kappa shape index (κ1) is 25.0. The molecule has 0 aliphatic heterocycles. The standard InChI is InChI=1S/C27H31N5O4/c1-3-5-15-30(23-25(28)31(16-6-4-2)27(36)29-26(23)35)22(33)17-32-20-13-9-7-11-18(20)24(34)19-12-8-10-14-21(19)32/h7-14H,3-6,15-17,28H2,1-2H3,(H,29,35,36). The molecule has 4 rings (SSSR count). The van der Waals surface area contributed by atoms with Crippen LogP contribution < -0.4 is 27.3 Å². The van der Waals surface area contributed by atoms with Crippen LogP contribution in [-0.2, 0) is 17.9 Å². The number of nitrogen functional groups attached to an aromatic ring is 1. The van der Waals surface area contributed by atoms with Crippen molar-refractivity contribution in [2.24, 2.45) is 0 Å². The first-order valence-corrected chi connectivity index (χ1v) is 12.3. The van der Waals surface area contributed by atoms with Crippen molar-refractivity contribution in [1.29, 1.82) is 0 Å². The van der Waals surface area contributed by atoms with E-state index in [0.717, 1.165) is 12.8 Å². The molecule has 0 fully saturated rings. The highest BCUT2D eigenvalue weighted by molar-refractivity contribution is 5.99. The fourth-order valence-corrected chi connectivity index (χ4v) is 4.52. The lowest BCUT2D eigenvalue weighted by Crippen LogP contribution is -2.43. The lowest BCUT2D eigenvalue weighted by atomic mass is 10.1. The number of aromatic amines is 1. The van der Waals surface area contributed by atoms with Crippen LogP contribution in [0.3, 0.4) is 0 Å². The second kappa shape index (κ2) is 10.6. The third-order valence-corrected chi connectivity index (χ3v) is 6.43. The summed E-state index contributed by atoms with van der Waals surface area (Å²) in [6, 6.07) is 14.3. The maximum Gasteiger partial charge on any atom is 0.330 e. The van der Waals surface area contributed by atoms with E-state index in [4.69, 9.17) is 5.73 Å². The molecule has 0 bridgehead atoms. The molecule has 1 amide bonds. The number of hydrogen-bond acceptors (Lipinski definition) is 5. The Balaban J connectivity index is 1.86. The minimum Gasteiger partial charge on any atom is -0.383 e. The normalized spacial score (nSPS) is 11.3. The predicted octanol–water partition coefficient (Wildman–Crippen LogP) is 3.22. The molecule has 0 unspecified atom stereocenters. The molecule has 188 valence electrons. The van der Waals surface area contributed by atoms with Crippen molar-refractivity contribution < 1.29 is 4.79 Å². The molecule has 0 atom stereocenters. The van der Waals surface area contributed by atoms with Crippen LogP contribution in [0.25, 0.3) is 21.8 Å². The highest BCUT2D eigenvalue weighted by Crippen LogP contribution is 2.22. The van der Waals surface area contributed by atoms with Gasteiger partial charge in [-0.2, -0.15) is 0 Å². The largest absolute Gasteiger partial charge is 0.383 e. The smallest absolute Gasteiger partial charge is 0.330 e. The Hall–Kier alpha value is -4.14. The summed E-state index contributed by atoms with van der Waals surface area (Å²) in [7, 11) is 0. The Morgan fingerprint density at radius 1 is 0.889 bits per heavy atom. The summed E-state index contributed by atoms with van der Waals surface area (Å²) in [5.41, 5.74) is 6.19. The second-order valence-electron chi connectivity index (χ2n) is 8.85. The molecule has 9 heteroatoms. The summed E-state index contributed by atoms with van der Waals surface area (Å²) in [5.74, 6) is -0.378. The molecule has 9 nitrogen and oxygen atoms in total. The number of para-hydroxylation sites is 2. The van der Waals surface area contributed by atoms with E-state index in [0.29, 0.717) is 41.2 Å². The van der Waals surface area contributed by atoms with Crippen LogP contribution in [0.4, 0.5) is 11.5 Å². The Morgan fingerprint density at radius 2 is 1.47 bits per heavy atom. The predicted molar refractivity (Wildman–Crippen MR) is 144 cm³/mol. The van der Waals surface area contributed by atoms with Gasteiger partial charge in [0.1, 0.15) is 12.4 Å². The number of nitrogens with one attached hydrogen (secondary N) is 1. The number of amides is 1. The fourth-order valence-electron chi connectivity index (χ4n) is 4.52. The maximum absolute atomic E-state index is 13.8. The van der Waals surface area contributed by atoms with Crippen LogP contribution in [0.2, 0.25) is 0 Å². The average Bonchev–Trinajstić information content (AvgIpc) is 2.88. The number of aromatic nitrogens is 3. The lowest BCUT2D eigenvalue weighted by Gasteiger charge is -2.26. The van der Waals surface area contributed by atoms with Gasteiger partial charge in [-0.3, -0.25) is 23.9 Å². The van der Waals surface area contributed by atoms with Gasteiger partial charge in [0.2, 0.25) is 5.91 Å². The maximum atomic E-state index is 13.8. The van der Waals surface area contributed by atoms with E-state index in [2.05, 4.69) is 4.98 Å². The number of hydrogen-bond donors (Lipinski definition) is 2.